The molecule has 126 valence electrons. The van der Waals surface area contributed by atoms with E-state index in [1.807, 2.05) is 30.3 Å². The fourth-order valence-electron chi connectivity index (χ4n) is 2.82. The Hall–Kier alpha value is -2.28. The van der Waals surface area contributed by atoms with Crippen LogP contribution in [0.5, 0.6) is 0 Å². The first kappa shape index (κ1) is 16.2. The monoisotopic (exact) mass is 367 g/mol. The second kappa shape index (κ2) is 6.92. The highest BCUT2D eigenvalue weighted by atomic mass is 32.1. The van der Waals surface area contributed by atoms with Crippen molar-refractivity contribution in [2.75, 3.05) is 6.54 Å². The van der Waals surface area contributed by atoms with E-state index in [1.54, 1.807) is 27.2 Å². The number of para-hydroxylation sites is 1. The highest BCUT2D eigenvalue weighted by Gasteiger charge is 2.15. The molecule has 1 aromatic carbocycles. The van der Waals surface area contributed by atoms with Crippen molar-refractivity contribution in [2.45, 2.75) is 13.0 Å². The van der Waals surface area contributed by atoms with Gasteiger partial charge < -0.3 is 5.73 Å². The van der Waals surface area contributed by atoms with E-state index in [-0.39, 0.29) is 5.56 Å². The Kier molecular flexibility index (Phi) is 4.48. The molecule has 0 amide bonds. The van der Waals surface area contributed by atoms with Crippen molar-refractivity contribution in [1.82, 2.24) is 9.55 Å². The van der Waals surface area contributed by atoms with Gasteiger partial charge in [-0.1, -0.05) is 18.2 Å². The summed E-state index contributed by atoms with van der Waals surface area (Å²) < 4.78 is 1.76. The molecular formula is C19H17N3OS2. The lowest BCUT2D eigenvalue weighted by atomic mass is 10.2. The molecule has 4 nitrogen and oxygen atoms in total. The molecular weight excluding hydrogens is 350 g/mol. The average molecular weight is 367 g/mol. The zero-order valence-electron chi connectivity index (χ0n) is 13.5. The van der Waals surface area contributed by atoms with Crippen LogP contribution in [0.3, 0.4) is 0 Å². The number of hydrogen-bond acceptors (Lipinski definition) is 5. The zero-order valence-corrected chi connectivity index (χ0v) is 15.1. The molecule has 2 N–H and O–H groups in total. The Morgan fingerprint density at radius 3 is 2.64 bits per heavy atom. The molecule has 0 spiro atoms. The third-order valence-corrected chi connectivity index (χ3v) is 6.18. The smallest absolute Gasteiger partial charge is 0.261 e. The molecule has 0 radical (unpaired) electrons. The van der Waals surface area contributed by atoms with Crippen LogP contribution in [-0.2, 0) is 6.54 Å². The van der Waals surface area contributed by atoms with Crippen LogP contribution >= 0.6 is 22.7 Å². The minimum Gasteiger partial charge on any atom is -0.330 e. The Bertz CT molecular complexity index is 1060. The highest BCUT2D eigenvalue weighted by molar-refractivity contribution is 7.23. The molecule has 25 heavy (non-hydrogen) atoms. The molecule has 4 rings (SSSR count). The van der Waals surface area contributed by atoms with Gasteiger partial charge in [-0.2, -0.15) is 0 Å². The second-order valence-electron chi connectivity index (χ2n) is 5.69. The second-order valence-corrected chi connectivity index (χ2v) is 7.72. The lowest BCUT2D eigenvalue weighted by Gasteiger charge is -2.12. The standard InChI is InChI=1S/C19H17N3OS2/c20-10-4-11-22-18(21-14-6-2-1-5-13(14)19(22)23)17-9-8-16(25-17)15-7-3-12-24-15/h1-3,5-9,12H,4,10-11,20H2. The van der Waals surface area contributed by atoms with Crippen molar-refractivity contribution in [3.05, 3.63) is 64.3 Å². The third kappa shape index (κ3) is 3.04. The lowest BCUT2D eigenvalue weighted by molar-refractivity contribution is 0.632. The number of hydrogen-bond donors (Lipinski definition) is 1. The molecule has 0 aliphatic carbocycles. The molecule has 6 heteroatoms. The van der Waals surface area contributed by atoms with Gasteiger partial charge in [0.1, 0.15) is 0 Å². The minimum absolute atomic E-state index is 0.000114. The van der Waals surface area contributed by atoms with Crippen LogP contribution in [0.4, 0.5) is 0 Å². The van der Waals surface area contributed by atoms with E-state index in [0.717, 1.165) is 22.6 Å². The Morgan fingerprint density at radius 2 is 1.84 bits per heavy atom. The summed E-state index contributed by atoms with van der Waals surface area (Å²) in [7, 11) is 0. The van der Waals surface area contributed by atoms with Gasteiger partial charge in [-0.3, -0.25) is 9.36 Å². The van der Waals surface area contributed by atoms with E-state index in [2.05, 4.69) is 23.6 Å². The number of fused-ring (bicyclic) bond motifs is 1. The number of thiophene rings is 2. The maximum Gasteiger partial charge on any atom is 0.261 e. The van der Waals surface area contributed by atoms with Crippen molar-refractivity contribution in [1.29, 1.82) is 0 Å². The first-order chi connectivity index (χ1) is 12.3. The quantitative estimate of drug-likeness (QED) is 0.575. The highest BCUT2D eigenvalue weighted by Crippen LogP contribution is 2.35. The first-order valence-corrected chi connectivity index (χ1v) is 9.81. The van der Waals surface area contributed by atoms with Crippen molar-refractivity contribution in [2.24, 2.45) is 5.73 Å². The summed E-state index contributed by atoms with van der Waals surface area (Å²) in [5.41, 5.74) is 6.40. The normalized spacial score (nSPS) is 11.2. The van der Waals surface area contributed by atoms with E-state index in [0.29, 0.717) is 18.5 Å². The van der Waals surface area contributed by atoms with Gasteiger partial charge in [0.15, 0.2) is 5.82 Å². The van der Waals surface area contributed by atoms with Crippen LogP contribution in [0.15, 0.2) is 58.7 Å². The molecule has 0 unspecified atom stereocenters. The summed E-state index contributed by atoms with van der Waals surface area (Å²) in [5.74, 6) is 0.727. The molecule has 3 aromatic heterocycles. The van der Waals surface area contributed by atoms with Gasteiger partial charge in [0.2, 0.25) is 0 Å². The molecule has 0 aliphatic heterocycles. The zero-order chi connectivity index (χ0) is 17.2. The van der Waals surface area contributed by atoms with Crippen molar-refractivity contribution < 1.29 is 0 Å². The Morgan fingerprint density at radius 1 is 1.00 bits per heavy atom. The maximum atomic E-state index is 13.0. The van der Waals surface area contributed by atoms with Crippen LogP contribution in [-0.4, -0.2) is 16.1 Å². The van der Waals surface area contributed by atoms with E-state index in [4.69, 9.17) is 10.7 Å². The van der Waals surface area contributed by atoms with Gasteiger partial charge in [-0.15, -0.1) is 22.7 Å². The number of rotatable bonds is 5. The number of benzene rings is 1. The van der Waals surface area contributed by atoms with E-state index in [1.165, 1.54) is 9.75 Å². The molecule has 0 bridgehead atoms. The maximum absolute atomic E-state index is 13.0. The average Bonchev–Trinajstić information content (AvgIpc) is 3.32. The summed E-state index contributed by atoms with van der Waals surface area (Å²) in [6.07, 6.45) is 0.746. The molecule has 3 heterocycles. The Labute approximate surface area is 153 Å². The van der Waals surface area contributed by atoms with Gasteiger partial charge in [0.25, 0.3) is 5.56 Å². The predicted molar refractivity (Wildman–Crippen MR) is 106 cm³/mol. The van der Waals surface area contributed by atoms with Gasteiger partial charge in [-0.05, 0) is 48.7 Å². The SMILES string of the molecule is NCCCn1c(-c2ccc(-c3cccs3)s2)nc2ccccc2c1=O. The van der Waals surface area contributed by atoms with Crippen LogP contribution in [0.2, 0.25) is 0 Å². The lowest BCUT2D eigenvalue weighted by Crippen LogP contribution is -2.24. The van der Waals surface area contributed by atoms with Crippen molar-refractivity contribution in [3.63, 3.8) is 0 Å². The number of nitrogens with zero attached hydrogens (tertiary/aromatic N) is 2. The number of aromatic nitrogens is 2. The summed E-state index contributed by atoms with van der Waals surface area (Å²) in [6, 6.07) is 15.8. The Balaban J connectivity index is 1.89. The van der Waals surface area contributed by atoms with E-state index >= 15 is 0 Å². The molecule has 0 aliphatic rings. The first-order valence-electron chi connectivity index (χ1n) is 8.11. The largest absolute Gasteiger partial charge is 0.330 e. The summed E-state index contributed by atoms with van der Waals surface area (Å²) in [6.45, 7) is 1.12. The summed E-state index contributed by atoms with van der Waals surface area (Å²) >= 11 is 3.38. The minimum atomic E-state index is 0.000114. The van der Waals surface area contributed by atoms with Gasteiger partial charge in [0.05, 0.1) is 15.8 Å². The third-order valence-electron chi connectivity index (χ3n) is 4.04. The van der Waals surface area contributed by atoms with Crippen LogP contribution in [0.25, 0.3) is 31.4 Å². The number of nitrogens with two attached hydrogens (primary N) is 1. The molecule has 0 atom stereocenters. The van der Waals surface area contributed by atoms with Crippen molar-refractivity contribution in [3.8, 4) is 20.5 Å². The van der Waals surface area contributed by atoms with Crippen LogP contribution in [0.1, 0.15) is 6.42 Å². The molecule has 0 saturated heterocycles. The van der Waals surface area contributed by atoms with Crippen LogP contribution in [0, 0.1) is 0 Å². The topological polar surface area (TPSA) is 60.9 Å². The predicted octanol–water partition coefficient (Wildman–Crippen LogP) is 4.20. The van der Waals surface area contributed by atoms with E-state index < -0.39 is 0 Å². The molecule has 4 aromatic rings. The fraction of sp³-hybridized carbons (Fsp3) is 0.158. The van der Waals surface area contributed by atoms with Gasteiger partial charge in [0, 0.05) is 16.3 Å². The molecule has 0 fully saturated rings. The summed E-state index contributed by atoms with van der Waals surface area (Å²) in [4.78, 5) is 21.2. The van der Waals surface area contributed by atoms with Gasteiger partial charge in [-0.25, -0.2) is 4.98 Å². The molecule has 0 saturated carbocycles. The van der Waals surface area contributed by atoms with Crippen molar-refractivity contribution >= 4 is 33.6 Å². The van der Waals surface area contributed by atoms with Gasteiger partial charge >= 0.3 is 0 Å². The summed E-state index contributed by atoms with van der Waals surface area (Å²) in [5, 5.41) is 2.72. The van der Waals surface area contributed by atoms with E-state index in [9.17, 15) is 4.79 Å². The fourth-order valence-corrected chi connectivity index (χ4v) is 4.66. The van der Waals surface area contributed by atoms with Crippen LogP contribution < -0.4 is 11.3 Å².